The van der Waals surface area contributed by atoms with Crippen molar-refractivity contribution in [1.29, 1.82) is 0 Å². The Hall–Kier alpha value is -3.72. The molecule has 35 heavy (non-hydrogen) atoms. The van der Waals surface area contributed by atoms with E-state index in [-0.39, 0.29) is 10.6 Å². The smallest absolute Gasteiger partial charge is 0.264 e. The molecule has 0 atom stereocenters. The Labute approximate surface area is 206 Å². The van der Waals surface area contributed by atoms with Gasteiger partial charge in [0.2, 0.25) is 5.91 Å². The molecule has 0 aliphatic rings. The number of hydrogen-bond donors (Lipinski definition) is 1. The average Bonchev–Trinajstić information content (AvgIpc) is 2.90. The van der Waals surface area contributed by atoms with Crippen LogP contribution in [0.15, 0.2) is 77.7 Å². The standard InChI is InChI=1S/C26H30N2O6S/c1-32-21-11-7-9-20(17-21)10-8-16-27-26(29)19-28(35(30,31)23-12-5-4-6-13-23)24-18-22(33-2)14-15-25(24)34-3/h4-7,9,11-15,17-18H,8,10,16,19H2,1-3H3,(H,27,29). The Morgan fingerprint density at radius 3 is 2.26 bits per heavy atom. The molecule has 186 valence electrons. The van der Waals surface area contributed by atoms with Gasteiger partial charge < -0.3 is 19.5 Å². The highest BCUT2D eigenvalue weighted by atomic mass is 32.2. The van der Waals surface area contributed by atoms with Gasteiger partial charge in [0.15, 0.2) is 0 Å². The molecule has 0 unspecified atom stereocenters. The van der Waals surface area contributed by atoms with Gasteiger partial charge in [0, 0.05) is 12.6 Å². The first kappa shape index (κ1) is 25.9. The molecule has 0 bridgehead atoms. The van der Waals surface area contributed by atoms with E-state index in [0.717, 1.165) is 22.0 Å². The SMILES string of the molecule is COc1cccc(CCCNC(=O)CN(c2cc(OC)ccc2OC)S(=O)(=O)c2ccccc2)c1. The van der Waals surface area contributed by atoms with Gasteiger partial charge in [0.05, 0.1) is 31.9 Å². The zero-order valence-corrected chi connectivity index (χ0v) is 20.9. The monoisotopic (exact) mass is 498 g/mol. The number of ether oxygens (including phenoxy) is 3. The maximum atomic E-state index is 13.5. The second-order valence-corrected chi connectivity index (χ2v) is 9.53. The fourth-order valence-corrected chi connectivity index (χ4v) is 4.99. The largest absolute Gasteiger partial charge is 0.497 e. The molecule has 3 aromatic rings. The number of rotatable bonds is 12. The van der Waals surface area contributed by atoms with Crippen LogP contribution in [0.1, 0.15) is 12.0 Å². The lowest BCUT2D eigenvalue weighted by Gasteiger charge is -2.26. The Kier molecular flexibility index (Phi) is 8.97. The molecule has 0 aliphatic carbocycles. The summed E-state index contributed by atoms with van der Waals surface area (Å²) >= 11 is 0. The highest BCUT2D eigenvalue weighted by Crippen LogP contribution is 2.35. The molecule has 9 heteroatoms. The number of hydrogen-bond acceptors (Lipinski definition) is 6. The van der Waals surface area contributed by atoms with Gasteiger partial charge in [-0.25, -0.2) is 8.42 Å². The predicted octanol–water partition coefficient (Wildman–Crippen LogP) is 3.66. The third-order valence-electron chi connectivity index (χ3n) is 5.37. The molecule has 0 saturated carbocycles. The Morgan fingerprint density at radius 2 is 1.57 bits per heavy atom. The molecule has 8 nitrogen and oxygen atoms in total. The number of anilines is 1. The Balaban J connectivity index is 1.78. The van der Waals surface area contributed by atoms with Crippen LogP contribution in [0.4, 0.5) is 5.69 Å². The highest BCUT2D eigenvalue weighted by molar-refractivity contribution is 7.92. The molecule has 3 aromatic carbocycles. The molecular weight excluding hydrogens is 468 g/mol. The third-order valence-corrected chi connectivity index (χ3v) is 7.15. The number of amides is 1. The van der Waals surface area contributed by atoms with Crippen LogP contribution in [-0.4, -0.2) is 48.7 Å². The van der Waals surface area contributed by atoms with Gasteiger partial charge in [-0.05, 0) is 54.8 Å². The molecule has 0 saturated heterocycles. The van der Waals surface area contributed by atoms with Crippen LogP contribution in [0, 0.1) is 0 Å². The highest BCUT2D eigenvalue weighted by Gasteiger charge is 2.29. The van der Waals surface area contributed by atoms with E-state index in [1.54, 1.807) is 37.4 Å². The fraction of sp³-hybridized carbons (Fsp3) is 0.269. The number of nitrogens with zero attached hydrogens (tertiary/aromatic N) is 1. The molecule has 0 aromatic heterocycles. The van der Waals surface area contributed by atoms with E-state index in [4.69, 9.17) is 14.2 Å². The van der Waals surface area contributed by atoms with E-state index in [9.17, 15) is 13.2 Å². The topological polar surface area (TPSA) is 94.2 Å². The summed E-state index contributed by atoms with van der Waals surface area (Å²) in [5, 5.41) is 2.82. The van der Waals surface area contributed by atoms with Gasteiger partial charge in [-0.15, -0.1) is 0 Å². The second-order valence-electron chi connectivity index (χ2n) is 7.67. The summed E-state index contributed by atoms with van der Waals surface area (Å²) in [6.07, 6.45) is 1.43. The maximum Gasteiger partial charge on any atom is 0.264 e. The van der Waals surface area contributed by atoms with E-state index in [1.165, 1.54) is 32.4 Å². The van der Waals surface area contributed by atoms with Crippen molar-refractivity contribution in [3.05, 3.63) is 78.4 Å². The number of nitrogens with one attached hydrogen (secondary N) is 1. The third kappa shape index (κ3) is 6.66. The van der Waals surface area contributed by atoms with Crippen molar-refractivity contribution >= 4 is 21.6 Å². The van der Waals surface area contributed by atoms with Crippen molar-refractivity contribution in [2.45, 2.75) is 17.7 Å². The molecule has 0 spiro atoms. The lowest BCUT2D eigenvalue weighted by atomic mass is 10.1. The number of methoxy groups -OCH3 is 3. The van der Waals surface area contributed by atoms with E-state index >= 15 is 0 Å². The average molecular weight is 499 g/mol. The van der Waals surface area contributed by atoms with Crippen molar-refractivity contribution in [1.82, 2.24) is 5.32 Å². The van der Waals surface area contributed by atoms with Crippen molar-refractivity contribution in [3.8, 4) is 17.2 Å². The Morgan fingerprint density at radius 1 is 0.857 bits per heavy atom. The lowest BCUT2D eigenvalue weighted by molar-refractivity contribution is -0.119. The number of benzene rings is 3. The van der Waals surface area contributed by atoms with Gasteiger partial charge in [0.25, 0.3) is 10.0 Å². The number of carbonyl (C=O) groups excluding carboxylic acids is 1. The molecule has 0 aliphatic heterocycles. The molecule has 0 radical (unpaired) electrons. The maximum absolute atomic E-state index is 13.5. The fourth-order valence-electron chi connectivity index (χ4n) is 3.55. The number of carbonyl (C=O) groups is 1. The molecule has 1 N–H and O–H groups in total. The first-order valence-corrected chi connectivity index (χ1v) is 12.5. The van der Waals surface area contributed by atoms with Crippen LogP contribution in [0.3, 0.4) is 0 Å². The first-order chi connectivity index (χ1) is 16.9. The van der Waals surface area contributed by atoms with Crippen molar-refractivity contribution in [2.24, 2.45) is 0 Å². The molecule has 0 fully saturated rings. The minimum Gasteiger partial charge on any atom is -0.497 e. The van der Waals surface area contributed by atoms with Crippen LogP contribution in [0.2, 0.25) is 0 Å². The summed E-state index contributed by atoms with van der Waals surface area (Å²) in [6.45, 7) is -0.0234. The van der Waals surface area contributed by atoms with Crippen molar-refractivity contribution in [2.75, 3.05) is 38.7 Å². The first-order valence-electron chi connectivity index (χ1n) is 11.1. The number of sulfonamides is 1. The predicted molar refractivity (Wildman–Crippen MR) is 135 cm³/mol. The minimum absolute atomic E-state index is 0.0655. The summed E-state index contributed by atoms with van der Waals surface area (Å²) in [6, 6.07) is 20.5. The van der Waals surface area contributed by atoms with Crippen LogP contribution >= 0.6 is 0 Å². The van der Waals surface area contributed by atoms with Gasteiger partial charge >= 0.3 is 0 Å². The van der Waals surface area contributed by atoms with Crippen LogP contribution < -0.4 is 23.8 Å². The summed E-state index contributed by atoms with van der Waals surface area (Å²) in [4.78, 5) is 12.9. The van der Waals surface area contributed by atoms with Crippen LogP contribution in [0.25, 0.3) is 0 Å². The van der Waals surface area contributed by atoms with Gasteiger partial charge in [-0.3, -0.25) is 9.10 Å². The summed E-state index contributed by atoms with van der Waals surface area (Å²) in [5.74, 6) is 1.09. The van der Waals surface area contributed by atoms with Gasteiger partial charge in [-0.1, -0.05) is 30.3 Å². The van der Waals surface area contributed by atoms with E-state index in [1.807, 2.05) is 24.3 Å². The van der Waals surface area contributed by atoms with Crippen LogP contribution in [-0.2, 0) is 21.2 Å². The summed E-state index contributed by atoms with van der Waals surface area (Å²) in [7, 11) is 0.477. The summed E-state index contributed by atoms with van der Waals surface area (Å²) in [5.41, 5.74) is 1.30. The molecule has 3 rings (SSSR count). The minimum atomic E-state index is -4.06. The van der Waals surface area contributed by atoms with Crippen molar-refractivity contribution < 1.29 is 27.4 Å². The van der Waals surface area contributed by atoms with Gasteiger partial charge in [0.1, 0.15) is 23.8 Å². The van der Waals surface area contributed by atoms with Crippen LogP contribution in [0.5, 0.6) is 17.2 Å². The zero-order valence-electron chi connectivity index (χ0n) is 20.1. The molecular formula is C26H30N2O6S. The van der Waals surface area contributed by atoms with E-state index in [0.29, 0.717) is 24.5 Å². The number of aryl methyl sites for hydroxylation is 1. The zero-order chi connectivity index (χ0) is 25.3. The van der Waals surface area contributed by atoms with E-state index in [2.05, 4.69) is 5.32 Å². The molecule has 0 heterocycles. The molecule has 1 amide bonds. The normalized spacial score (nSPS) is 10.9. The van der Waals surface area contributed by atoms with Crippen molar-refractivity contribution in [3.63, 3.8) is 0 Å². The lowest BCUT2D eigenvalue weighted by Crippen LogP contribution is -2.41. The van der Waals surface area contributed by atoms with E-state index < -0.39 is 22.5 Å². The quantitative estimate of drug-likeness (QED) is 0.383. The summed E-state index contributed by atoms with van der Waals surface area (Å²) < 4.78 is 44.1. The van der Waals surface area contributed by atoms with Gasteiger partial charge in [-0.2, -0.15) is 0 Å². The second kappa shape index (κ2) is 12.1. The Bertz CT molecular complexity index is 1230.